The molecular formula is C4H20GeN8. The fourth-order valence-electron chi connectivity index (χ4n) is 1.49. The van der Waals surface area contributed by atoms with Crippen LogP contribution < -0.4 is 23.4 Å². The van der Waals surface area contributed by atoms with Crippen molar-refractivity contribution in [1.82, 2.24) is 15.9 Å². The number of nitrogens with two attached hydrogens (primary N) is 4. The molecular weight excluding hydrogens is 233 g/mol. The summed E-state index contributed by atoms with van der Waals surface area (Å²) in [5.74, 6) is 22.9. The van der Waals surface area contributed by atoms with Crippen molar-refractivity contribution in [1.29, 1.82) is 0 Å². The van der Waals surface area contributed by atoms with Gasteiger partial charge in [-0.05, 0) is 0 Å². The molecule has 0 atom stereocenters. The monoisotopic (exact) mass is 254 g/mol. The molecule has 0 rings (SSSR count). The van der Waals surface area contributed by atoms with Crippen molar-refractivity contribution >= 4 is 14.2 Å². The fraction of sp³-hybridized carbons (Fsp3) is 1.00. The van der Waals surface area contributed by atoms with Crippen LogP contribution in [0.15, 0.2) is 0 Å². The molecule has 0 aliphatic carbocycles. The molecule has 0 radical (unpaired) electrons. The van der Waals surface area contributed by atoms with E-state index in [4.69, 9.17) is 23.4 Å². The summed E-state index contributed by atoms with van der Waals surface area (Å²) in [7, 11) is 6.82. The van der Waals surface area contributed by atoms with Crippen LogP contribution in [0.25, 0.3) is 0 Å². The second kappa shape index (κ2) is 4.64. The number of hydrazine groups is 4. The van der Waals surface area contributed by atoms with Gasteiger partial charge in [0.1, 0.15) is 0 Å². The van der Waals surface area contributed by atoms with E-state index in [1.807, 2.05) is 0 Å². The first-order valence-corrected chi connectivity index (χ1v) is 7.47. The topological polar surface area (TPSA) is 117 Å². The average Bonchev–Trinajstić information content (AvgIpc) is 1.82. The Morgan fingerprint density at radius 1 is 0.615 bits per heavy atom. The third-order valence-corrected chi connectivity index (χ3v) is 9.84. The van der Waals surface area contributed by atoms with Gasteiger partial charge >= 0.3 is 81.6 Å². The molecule has 8 N–H and O–H groups in total. The molecule has 0 saturated heterocycles. The van der Waals surface area contributed by atoms with Gasteiger partial charge in [0.2, 0.25) is 0 Å². The minimum atomic E-state index is -3.22. The number of hydrogen-bond donors (Lipinski definition) is 4. The quantitative estimate of drug-likeness (QED) is 0.233. The van der Waals surface area contributed by atoms with Crippen LogP contribution in [0.2, 0.25) is 0 Å². The molecule has 0 aliphatic rings. The van der Waals surface area contributed by atoms with Crippen molar-refractivity contribution in [3.05, 3.63) is 0 Å². The van der Waals surface area contributed by atoms with Gasteiger partial charge in [-0.2, -0.15) is 0 Å². The number of rotatable bonds is 4. The van der Waals surface area contributed by atoms with Gasteiger partial charge < -0.3 is 0 Å². The van der Waals surface area contributed by atoms with Gasteiger partial charge in [-0.25, -0.2) is 0 Å². The van der Waals surface area contributed by atoms with Crippen LogP contribution in [0.5, 0.6) is 0 Å². The molecule has 0 fully saturated rings. The first-order chi connectivity index (χ1) is 5.77. The van der Waals surface area contributed by atoms with E-state index in [0.29, 0.717) is 0 Å². The van der Waals surface area contributed by atoms with Crippen LogP contribution in [0.4, 0.5) is 0 Å². The van der Waals surface area contributed by atoms with Crippen LogP contribution >= 0.6 is 0 Å². The molecule has 0 aromatic rings. The maximum atomic E-state index is 5.73. The SMILES string of the molecule is C[N](N)[Ge]([N](C)N)([N](C)N)[N](C)N. The van der Waals surface area contributed by atoms with Crippen LogP contribution in [0, 0.1) is 0 Å². The molecule has 0 aromatic heterocycles. The predicted molar refractivity (Wildman–Crippen MR) is 53.6 cm³/mol. The molecule has 9 heteroatoms. The first-order valence-electron chi connectivity index (χ1n) is 3.72. The zero-order valence-corrected chi connectivity index (χ0v) is 10.7. The van der Waals surface area contributed by atoms with Gasteiger partial charge in [-0.1, -0.05) is 0 Å². The van der Waals surface area contributed by atoms with E-state index in [-0.39, 0.29) is 0 Å². The standard InChI is InChI=1S/C4H20GeN8/c1-10(6)5(11(2)7,12(3)8)13(4)9/h6-9H2,1-4H3. The van der Waals surface area contributed by atoms with Gasteiger partial charge in [-0.15, -0.1) is 0 Å². The summed E-state index contributed by atoms with van der Waals surface area (Å²) >= 11 is -3.22. The Morgan fingerprint density at radius 3 is 0.769 bits per heavy atom. The molecule has 0 saturated carbocycles. The Morgan fingerprint density at radius 2 is 0.769 bits per heavy atom. The van der Waals surface area contributed by atoms with Crippen LogP contribution in [0.1, 0.15) is 0 Å². The van der Waals surface area contributed by atoms with Gasteiger partial charge in [0, 0.05) is 0 Å². The molecule has 8 nitrogen and oxygen atoms in total. The van der Waals surface area contributed by atoms with Crippen molar-refractivity contribution in [2.75, 3.05) is 28.2 Å². The van der Waals surface area contributed by atoms with Gasteiger partial charge in [0.15, 0.2) is 0 Å². The summed E-state index contributed by atoms with van der Waals surface area (Å²) in [4.78, 5) is 0. The Bertz CT molecular complexity index is 119. The van der Waals surface area contributed by atoms with Gasteiger partial charge in [0.05, 0.1) is 0 Å². The fourth-order valence-corrected chi connectivity index (χ4v) is 7.76. The number of hydrogen-bond acceptors (Lipinski definition) is 8. The predicted octanol–water partition coefficient (Wildman–Crippen LogP) is -3.36. The van der Waals surface area contributed by atoms with E-state index in [1.54, 1.807) is 28.2 Å². The maximum absolute atomic E-state index is 5.73. The van der Waals surface area contributed by atoms with Gasteiger partial charge in [-0.3, -0.25) is 0 Å². The van der Waals surface area contributed by atoms with E-state index in [2.05, 4.69) is 0 Å². The summed E-state index contributed by atoms with van der Waals surface area (Å²) in [5, 5.41) is 0. The van der Waals surface area contributed by atoms with Crippen molar-refractivity contribution in [3.63, 3.8) is 0 Å². The van der Waals surface area contributed by atoms with Crippen molar-refractivity contribution in [3.8, 4) is 0 Å². The number of nitrogens with zero attached hydrogens (tertiary/aromatic N) is 4. The molecule has 0 bridgehead atoms. The molecule has 0 unspecified atom stereocenters. The van der Waals surface area contributed by atoms with E-state index < -0.39 is 14.2 Å². The minimum absolute atomic E-state index is 1.50. The molecule has 0 aromatic carbocycles. The van der Waals surface area contributed by atoms with Crippen molar-refractivity contribution < 1.29 is 0 Å². The first kappa shape index (κ1) is 13.2. The van der Waals surface area contributed by atoms with Crippen molar-refractivity contribution in [2.45, 2.75) is 0 Å². The zero-order valence-electron chi connectivity index (χ0n) is 8.60. The van der Waals surface area contributed by atoms with Crippen LogP contribution in [-0.2, 0) is 0 Å². The van der Waals surface area contributed by atoms with Crippen LogP contribution in [0.3, 0.4) is 0 Å². The van der Waals surface area contributed by atoms with Gasteiger partial charge in [0.25, 0.3) is 0 Å². The second-order valence-electron chi connectivity index (χ2n) is 3.04. The summed E-state index contributed by atoms with van der Waals surface area (Å²) in [5.41, 5.74) is 0. The zero-order chi connectivity index (χ0) is 10.8. The third-order valence-electron chi connectivity index (χ3n) is 1.89. The normalized spacial score (nSPS) is 13.8. The average molecular weight is 253 g/mol. The molecule has 13 heavy (non-hydrogen) atoms. The summed E-state index contributed by atoms with van der Waals surface area (Å²) in [6.07, 6.45) is 0. The van der Waals surface area contributed by atoms with Crippen molar-refractivity contribution in [2.24, 2.45) is 23.4 Å². The molecule has 0 amide bonds. The van der Waals surface area contributed by atoms with E-state index >= 15 is 0 Å². The Hall–Kier alpha value is 0.223. The molecule has 0 aliphatic heterocycles. The molecule has 0 spiro atoms. The third kappa shape index (κ3) is 2.18. The summed E-state index contributed by atoms with van der Waals surface area (Å²) in [6, 6.07) is 0. The molecule has 0 heterocycles. The summed E-state index contributed by atoms with van der Waals surface area (Å²) in [6.45, 7) is 0. The Balaban J connectivity index is 5.06. The van der Waals surface area contributed by atoms with E-state index in [9.17, 15) is 0 Å². The van der Waals surface area contributed by atoms with E-state index in [1.165, 1.54) is 15.9 Å². The Kier molecular flexibility index (Phi) is 4.72. The summed E-state index contributed by atoms with van der Waals surface area (Å²) < 4.78 is 6.00. The Labute approximate surface area is 82.1 Å². The molecule has 80 valence electrons. The van der Waals surface area contributed by atoms with Crippen LogP contribution in [-0.4, -0.2) is 58.2 Å². The van der Waals surface area contributed by atoms with E-state index in [0.717, 1.165) is 0 Å². The second-order valence-corrected chi connectivity index (χ2v) is 11.5.